The van der Waals surface area contributed by atoms with Gasteiger partial charge in [0.2, 0.25) is 0 Å². The minimum absolute atomic E-state index is 0.0555. The molecule has 1 aromatic carbocycles. The van der Waals surface area contributed by atoms with Gasteiger partial charge in [-0.25, -0.2) is 0 Å². The monoisotopic (exact) mass is 246 g/mol. The molecule has 0 saturated carbocycles. The van der Waals surface area contributed by atoms with Crippen LogP contribution in [0.1, 0.15) is 38.2 Å². The Hall–Kier alpha value is -1.28. The molecule has 0 aromatic heterocycles. The number of rotatable bonds is 5. The SMILES string of the molecule is C=C(C)CCc1ccc(OC2CCCCO2)cc1. The molecule has 2 rings (SSSR count). The molecule has 1 atom stereocenters. The molecule has 1 aliphatic heterocycles. The maximum absolute atomic E-state index is 5.80. The van der Waals surface area contributed by atoms with Gasteiger partial charge in [0.05, 0.1) is 6.61 Å². The van der Waals surface area contributed by atoms with E-state index in [-0.39, 0.29) is 6.29 Å². The van der Waals surface area contributed by atoms with Gasteiger partial charge in [-0.05, 0) is 50.3 Å². The summed E-state index contributed by atoms with van der Waals surface area (Å²) in [5, 5.41) is 0. The number of hydrogen-bond donors (Lipinski definition) is 0. The van der Waals surface area contributed by atoms with Crippen LogP contribution in [0.2, 0.25) is 0 Å². The lowest BCUT2D eigenvalue weighted by Crippen LogP contribution is -2.24. The minimum atomic E-state index is -0.0555. The van der Waals surface area contributed by atoms with Gasteiger partial charge in [-0.3, -0.25) is 0 Å². The van der Waals surface area contributed by atoms with E-state index in [2.05, 4.69) is 25.6 Å². The van der Waals surface area contributed by atoms with Crippen molar-refractivity contribution < 1.29 is 9.47 Å². The Bertz CT molecular complexity index is 375. The maximum Gasteiger partial charge on any atom is 0.199 e. The summed E-state index contributed by atoms with van der Waals surface area (Å²) in [7, 11) is 0. The first-order chi connectivity index (χ1) is 8.74. The van der Waals surface area contributed by atoms with Crippen molar-refractivity contribution in [2.24, 2.45) is 0 Å². The molecule has 0 amide bonds. The largest absolute Gasteiger partial charge is 0.465 e. The van der Waals surface area contributed by atoms with Crippen molar-refractivity contribution in [2.75, 3.05) is 6.61 Å². The Morgan fingerprint density at radius 3 is 2.72 bits per heavy atom. The van der Waals surface area contributed by atoms with Crippen LogP contribution in [0.15, 0.2) is 36.4 Å². The fraction of sp³-hybridized carbons (Fsp3) is 0.500. The zero-order chi connectivity index (χ0) is 12.8. The van der Waals surface area contributed by atoms with Crippen LogP contribution in [0.25, 0.3) is 0 Å². The highest BCUT2D eigenvalue weighted by Crippen LogP contribution is 2.20. The normalized spacial score (nSPS) is 19.5. The molecule has 18 heavy (non-hydrogen) atoms. The van der Waals surface area contributed by atoms with E-state index in [0.29, 0.717) is 0 Å². The van der Waals surface area contributed by atoms with Crippen molar-refractivity contribution in [1.82, 2.24) is 0 Å². The maximum atomic E-state index is 5.80. The second kappa shape index (κ2) is 6.60. The Kier molecular flexibility index (Phi) is 4.82. The Balaban J connectivity index is 1.84. The summed E-state index contributed by atoms with van der Waals surface area (Å²) in [4.78, 5) is 0. The third kappa shape index (κ3) is 4.19. The highest BCUT2D eigenvalue weighted by molar-refractivity contribution is 5.27. The van der Waals surface area contributed by atoms with Gasteiger partial charge >= 0.3 is 0 Å². The first-order valence-electron chi connectivity index (χ1n) is 6.75. The molecule has 0 N–H and O–H groups in total. The van der Waals surface area contributed by atoms with Crippen LogP contribution in [-0.2, 0) is 11.2 Å². The molecule has 1 heterocycles. The van der Waals surface area contributed by atoms with Gasteiger partial charge in [0.25, 0.3) is 0 Å². The average molecular weight is 246 g/mol. The number of ether oxygens (including phenoxy) is 2. The topological polar surface area (TPSA) is 18.5 Å². The third-order valence-electron chi connectivity index (χ3n) is 3.17. The highest BCUT2D eigenvalue weighted by atomic mass is 16.7. The Labute approximate surface area is 110 Å². The lowest BCUT2D eigenvalue weighted by molar-refractivity contribution is -0.105. The van der Waals surface area contributed by atoms with Crippen LogP contribution in [0.5, 0.6) is 5.75 Å². The number of aryl methyl sites for hydroxylation is 1. The minimum Gasteiger partial charge on any atom is -0.465 e. The highest BCUT2D eigenvalue weighted by Gasteiger charge is 2.14. The van der Waals surface area contributed by atoms with Crippen LogP contribution in [0.3, 0.4) is 0 Å². The number of hydrogen-bond acceptors (Lipinski definition) is 2. The van der Waals surface area contributed by atoms with E-state index in [1.807, 2.05) is 12.1 Å². The average Bonchev–Trinajstić information content (AvgIpc) is 2.39. The molecule has 0 aliphatic carbocycles. The molecule has 98 valence electrons. The molecule has 1 fully saturated rings. The zero-order valence-electron chi connectivity index (χ0n) is 11.2. The van der Waals surface area contributed by atoms with Gasteiger partial charge in [-0.2, -0.15) is 0 Å². The Morgan fingerprint density at radius 1 is 1.33 bits per heavy atom. The van der Waals surface area contributed by atoms with Crippen LogP contribution >= 0.6 is 0 Å². The van der Waals surface area contributed by atoms with Gasteiger partial charge in [-0.15, -0.1) is 6.58 Å². The first kappa shape index (κ1) is 13.2. The van der Waals surface area contributed by atoms with Crippen molar-refractivity contribution >= 4 is 0 Å². The van der Waals surface area contributed by atoms with Crippen molar-refractivity contribution in [1.29, 1.82) is 0 Å². The van der Waals surface area contributed by atoms with Gasteiger partial charge in [0.1, 0.15) is 5.75 Å². The van der Waals surface area contributed by atoms with E-state index in [0.717, 1.165) is 38.0 Å². The van der Waals surface area contributed by atoms with Crippen LogP contribution < -0.4 is 4.74 Å². The summed E-state index contributed by atoms with van der Waals surface area (Å²) < 4.78 is 11.4. The molecule has 0 radical (unpaired) electrons. The summed E-state index contributed by atoms with van der Waals surface area (Å²) in [5.41, 5.74) is 2.56. The van der Waals surface area contributed by atoms with E-state index < -0.39 is 0 Å². The fourth-order valence-corrected chi connectivity index (χ4v) is 2.05. The van der Waals surface area contributed by atoms with Gasteiger partial charge < -0.3 is 9.47 Å². The summed E-state index contributed by atoms with van der Waals surface area (Å²) in [6, 6.07) is 8.32. The first-order valence-corrected chi connectivity index (χ1v) is 6.75. The second-order valence-corrected chi connectivity index (χ2v) is 5.02. The van der Waals surface area contributed by atoms with Crippen LogP contribution in [0.4, 0.5) is 0 Å². The summed E-state index contributed by atoms with van der Waals surface area (Å²) in [6.45, 7) is 6.81. The lowest BCUT2D eigenvalue weighted by Gasteiger charge is -2.23. The molecule has 1 aliphatic rings. The van der Waals surface area contributed by atoms with Crippen molar-refractivity contribution in [3.8, 4) is 5.75 Å². The summed E-state index contributed by atoms with van der Waals surface area (Å²) >= 11 is 0. The standard InChI is InChI=1S/C16H22O2/c1-13(2)6-7-14-8-10-15(11-9-14)18-16-5-3-4-12-17-16/h8-11,16H,1,3-7,12H2,2H3. The van der Waals surface area contributed by atoms with Gasteiger partial charge in [0, 0.05) is 6.42 Å². The predicted molar refractivity (Wildman–Crippen MR) is 73.8 cm³/mol. The Morgan fingerprint density at radius 2 is 2.11 bits per heavy atom. The molecule has 1 aromatic rings. The lowest BCUT2D eigenvalue weighted by atomic mass is 10.1. The zero-order valence-corrected chi connectivity index (χ0v) is 11.2. The van der Waals surface area contributed by atoms with Crippen LogP contribution in [-0.4, -0.2) is 12.9 Å². The van der Waals surface area contributed by atoms with Crippen molar-refractivity contribution in [3.63, 3.8) is 0 Å². The second-order valence-electron chi connectivity index (χ2n) is 5.02. The molecular weight excluding hydrogens is 224 g/mol. The van der Waals surface area contributed by atoms with Crippen molar-refractivity contribution in [2.45, 2.75) is 45.3 Å². The number of allylic oxidation sites excluding steroid dienone is 1. The molecule has 2 heteroatoms. The molecule has 2 nitrogen and oxygen atoms in total. The number of benzene rings is 1. The van der Waals surface area contributed by atoms with E-state index in [9.17, 15) is 0 Å². The van der Waals surface area contributed by atoms with E-state index in [4.69, 9.17) is 9.47 Å². The molecule has 1 saturated heterocycles. The summed E-state index contributed by atoms with van der Waals surface area (Å²) in [5.74, 6) is 0.904. The quantitative estimate of drug-likeness (QED) is 0.728. The van der Waals surface area contributed by atoms with E-state index >= 15 is 0 Å². The molecular formula is C16H22O2. The third-order valence-corrected chi connectivity index (χ3v) is 3.17. The predicted octanol–water partition coefficient (Wildman–Crippen LogP) is 4.10. The van der Waals surface area contributed by atoms with Crippen LogP contribution in [0, 0.1) is 0 Å². The van der Waals surface area contributed by atoms with Gasteiger partial charge in [0.15, 0.2) is 6.29 Å². The van der Waals surface area contributed by atoms with E-state index in [1.54, 1.807) is 0 Å². The van der Waals surface area contributed by atoms with Gasteiger partial charge in [-0.1, -0.05) is 17.7 Å². The van der Waals surface area contributed by atoms with E-state index in [1.165, 1.54) is 17.6 Å². The smallest absolute Gasteiger partial charge is 0.199 e. The fourth-order valence-electron chi connectivity index (χ4n) is 2.05. The molecule has 0 bridgehead atoms. The van der Waals surface area contributed by atoms with Crippen molar-refractivity contribution in [3.05, 3.63) is 42.0 Å². The molecule has 0 spiro atoms. The summed E-state index contributed by atoms with van der Waals surface area (Å²) in [6.07, 6.45) is 5.39. The molecule has 1 unspecified atom stereocenters.